The number of carbonyl (C=O) groups is 1. The zero-order valence-corrected chi connectivity index (χ0v) is 21.8. The van der Waals surface area contributed by atoms with Crippen molar-refractivity contribution in [1.82, 2.24) is 25.5 Å². The largest absolute Gasteiger partial charge is 0.382 e. The summed E-state index contributed by atoms with van der Waals surface area (Å²) in [5.41, 5.74) is 12.4. The first kappa shape index (κ1) is 26.7. The van der Waals surface area contributed by atoms with Gasteiger partial charge in [0.25, 0.3) is 5.91 Å². The summed E-state index contributed by atoms with van der Waals surface area (Å²) in [4.78, 5) is 17.9. The standard InChI is InChI=1S/C27H26ClF2N7O/c1-5-21(35-32-3)27(38)34-22(12-15-10-16(29)13-17(30)11-15)24-18(7-6-14(2)33-24)19-8-9-20(28)23-25(19)37(4)36-26(23)31/h5-11,13,22,35H,3,12H2,1-2,4H3,(H2,31,36)(H,34,38)/b21-5-/t22-/m0/s1. The Morgan fingerprint density at radius 2 is 1.89 bits per heavy atom. The highest BCUT2D eigenvalue weighted by Crippen LogP contribution is 2.38. The Balaban J connectivity index is 1.92. The highest BCUT2D eigenvalue weighted by Gasteiger charge is 2.25. The molecule has 0 aliphatic rings. The molecule has 0 radical (unpaired) electrons. The minimum Gasteiger partial charge on any atom is -0.382 e. The smallest absolute Gasteiger partial charge is 0.269 e. The second kappa shape index (κ2) is 11.0. The number of rotatable bonds is 8. The number of nitrogen functional groups attached to an aromatic ring is 1. The number of allylic oxidation sites excluding steroid dienone is 1. The summed E-state index contributed by atoms with van der Waals surface area (Å²) >= 11 is 6.44. The first-order valence-corrected chi connectivity index (χ1v) is 12.0. The Labute approximate surface area is 223 Å². The topological polar surface area (TPSA) is 110 Å². The van der Waals surface area contributed by atoms with Crippen LogP contribution in [-0.2, 0) is 18.3 Å². The third-order valence-corrected chi connectivity index (χ3v) is 6.36. The van der Waals surface area contributed by atoms with Crippen molar-refractivity contribution in [2.24, 2.45) is 12.1 Å². The Bertz CT molecular complexity index is 1560. The molecule has 4 aromatic rings. The fourth-order valence-corrected chi connectivity index (χ4v) is 4.69. The number of amides is 1. The van der Waals surface area contributed by atoms with E-state index in [1.165, 1.54) is 18.2 Å². The van der Waals surface area contributed by atoms with Crippen molar-refractivity contribution in [1.29, 1.82) is 0 Å². The van der Waals surface area contributed by atoms with E-state index in [9.17, 15) is 13.6 Å². The number of hydrogen-bond donors (Lipinski definition) is 3. The van der Waals surface area contributed by atoms with Gasteiger partial charge in [-0.2, -0.15) is 10.2 Å². The Morgan fingerprint density at radius 3 is 2.55 bits per heavy atom. The van der Waals surface area contributed by atoms with E-state index in [0.717, 1.165) is 11.6 Å². The SMILES string of the molecule is C=NN/C(=C\C)C(=O)N[C@@H](Cc1cc(F)cc(F)c1)c1nc(C)ccc1-c1ccc(Cl)c2c(N)nn(C)c12. The van der Waals surface area contributed by atoms with Crippen LogP contribution in [-0.4, -0.2) is 27.4 Å². The molecule has 1 amide bonds. The van der Waals surface area contributed by atoms with E-state index in [4.69, 9.17) is 22.3 Å². The molecule has 0 bridgehead atoms. The lowest BCUT2D eigenvalue weighted by Crippen LogP contribution is -2.35. The lowest BCUT2D eigenvalue weighted by molar-refractivity contribution is -0.118. The highest BCUT2D eigenvalue weighted by atomic mass is 35.5. The first-order chi connectivity index (χ1) is 18.1. The fraction of sp³-hybridized carbons (Fsp3) is 0.185. The van der Waals surface area contributed by atoms with Gasteiger partial charge in [0.1, 0.15) is 17.3 Å². The zero-order chi connectivity index (χ0) is 27.6. The molecule has 0 fully saturated rings. The number of pyridine rings is 1. The minimum atomic E-state index is -0.795. The molecule has 0 aliphatic heterocycles. The van der Waals surface area contributed by atoms with Crippen molar-refractivity contribution in [3.05, 3.63) is 87.8 Å². The Kier molecular flexibility index (Phi) is 7.72. The number of nitrogens with one attached hydrogen (secondary N) is 2. The molecule has 4 N–H and O–H groups in total. The number of nitrogens with two attached hydrogens (primary N) is 1. The number of halogens is 3. The molecule has 0 unspecified atom stereocenters. The summed E-state index contributed by atoms with van der Waals surface area (Å²) in [6.07, 6.45) is 1.58. The summed E-state index contributed by atoms with van der Waals surface area (Å²) < 4.78 is 29.8. The molecule has 11 heteroatoms. The van der Waals surface area contributed by atoms with Crippen molar-refractivity contribution in [2.45, 2.75) is 26.3 Å². The molecule has 2 heterocycles. The van der Waals surface area contributed by atoms with Crippen molar-refractivity contribution in [3.8, 4) is 11.1 Å². The van der Waals surface area contributed by atoms with Crippen LogP contribution in [0.3, 0.4) is 0 Å². The predicted molar refractivity (Wildman–Crippen MR) is 145 cm³/mol. The maximum absolute atomic E-state index is 14.1. The van der Waals surface area contributed by atoms with E-state index in [-0.39, 0.29) is 17.9 Å². The van der Waals surface area contributed by atoms with Gasteiger partial charge >= 0.3 is 0 Å². The Hall–Kier alpha value is -4.31. The van der Waals surface area contributed by atoms with Crippen molar-refractivity contribution < 1.29 is 13.6 Å². The van der Waals surface area contributed by atoms with Gasteiger partial charge in [0.05, 0.1) is 27.7 Å². The van der Waals surface area contributed by atoms with Crippen LogP contribution in [0.25, 0.3) is 22.0 Å². The predicted octanol–water partition coefficient (Wildman–Crippen LogP) is 4.97. The maximum atomic E-state index is 14.1. The quantitative estimate of drug-likeness (QED) is 0.167. The molecule has 2 aromatic heterocycles. The van der Waals surface area contributed by atoms with E-state index in [1.807, 2.05) is 25.1 Å². The van der Waals surface area contributed by atoms with Crippen molar-refractivity contribution in [2.75, 3.05) is 5.73 Å². The lowest BCUT2D eigenvalue weighted by atomic mass is 9.93. The summed E-state index contributed by atoms with van der Waals surface area (Å²) in [7, 11) is 1.75. The van der Waals surface area contributed by atoms with Crippen LogP contribution in [0.1, 0.15) is 29.9 Å². The van der Waals surface area contributed by atoms with Crippen molar-refractivity contribution in [3.63, 3.8) is 0 Å². The summed E-state index contributed by atoms with van der Waals surface area (Å²) in [6.45, 7) is 6.84. The van der Waals surface area contributed by atoms with Crippen LogP contribution >= 0.6 is 11.6 Å². The second-order valence-corrected chi connectivity index (χ2v) is 9.10. The lowest BCUT2D eigenvalue weighted by Gasteiger charge is -2.23. The van der Waals surface area contributed by atoms with Gasteiger partial charge in [0.2, 0.25) is 0 Å². The van der Waals surface area contributed by atoms with E-state index in [1.54, 1.807) is 24.7 Å². The maximum Gasteiger partial charge on any atom is 0.269 e. The van der Waals surface area contributed by atoms with Crippen LogP contribution < -0.4 is 16.5 Å². The Morgan fingerprint density at radius 1 is 1.21 bits per heavy atom. The highest BCUT2D eigenvalue weighted by molar-refractivity contribution is 6.37. The number of fused-ring (bicyclic) bond motifs is 1. The summed E-state index contributed by atoms with van der Waals surface area (Å²) in [5, 5.41) is 11.9. The monoisotopic (exact) mass is 537 g/mol. The fourth-order valence-electron chi connectivity index (χ4n) is 4.44. The molecule has 2 aromatic carbocycles. The first-order valence-electron chi connectivity index (χ1n) is 11.6. The number of aryl methyl sites for hydroxylation is 2. The van der Waals surface area contributed by atoms with Crippen LogP contribution in [0.2, 0.25) is 5.02 Å². The summed E-state index contributed by atoms with van der Waals surface area (Å²) in [6, 6.07) is 9.69. The summed E-state index contributed by atoms with van der Waals surface area (Å²) in [5.74, 6) is -1.67. The van der Waals surface area contributed by atoms with Gasteiger partial charge in [-0.3, -0.25) is 19.9 Å². The normalized spacial score (nSPS) is 12.4. The molecule has 8 nitrogen and oxygen atoms in total. The number of aromatic nitrogens is 3. The molecule has 0 spiro atoms. The van der Waals surface area contributed by atoms with Gasteiger partial charge in [0, 0.05) is 36.7 Å². The number of hydrogen-bond acceptors (Lipinski definition) is 6. The molecule has 1 atom stereocenters. The molecule has 38 heavy (non-hydrogen) atoms. The number of hydrazone groups is 1. The molecule has 196 valence electrons. The van der Waals surface area contributed by atoms with Gasteiger partial charge in [-0.15, -0.1) is 0 Å². The van der Waals surface area contributed by atoms with Crippen LogP contribution in [0, 0.1) is 18.6 Å². The van der Waals surface area contributed by atoms with E-state index >= 15 is 0 Å². The number of nitrogens with zero attached hydrogens (tertiary/aromatic N) is 4. The van der Waals surface area contributed by atoms with Crippen LogP contribution in [0.4, 0.5) is 14.6 Å². The third-order valence-electron chi connectivity index (χ3n) is 6.05. The molecule has 0 aliphatic carbocycles. The third kappa shape index (κ3) is 5.35. The molecule has 0 saturated carbocycles. The minimum absolute atomic E-state index is 0.0483. The average Bonchev–Trinajstić information content (AvgIpc) is 3.16. The molecule has 4 rings (SSSR count). The zero-order valence-electron chi connectivity index (χ0n) is 21.0. The van der Waals surface area contributed by atoms with Gasteiger partial charge in [-0.05, 0) is 50.1 Å². The van der Waals surface area contributed by atoms with Gasteiger partial charge in [-0.25, -0.2) is 8.78 Å². The number of carbonyl (C=O) groups excluding carboxylic acids is 1. The van der Waals surface area contributed by atoms with Gasteiger partial charge in [0.15, 0.2) is 5.82 Å². The molecular weight excluding hydrogens is 512 g/mol. The average molecular weight is 538 g/mol. The second-order valence-electron chi connectivity index (χ2n) is 8.69. The number of anilines is 1. The van der Waals surface area contributed by atoms with E-state index < -0.39 is 23.6 Å². The van der Waals surface area contributed by atoms with Crippen molar-refractivity contribution >= 4 is 40.9 Å². The van der Waals surface area contributed by atoms with E-state index in [2.05, 4.69) is 27.7 Å². The van der Waals surface area contributed by atoms with E-state index in [0.29, 0.717) is 38.4 Å². The van der Waals surface area contributed by atoms with Crippen LogP contribution in [0.5, 0.6) is 0 Å². The molecule has 0 saturated heterocycles. The van der Waals surface area contributed by atoms with Crippen LogP contribution in [0.15, 0.2) is 59.3 Å². The molecular formula is C27H26ClF2N7O. The van der Waals surface area contributed by atoms with Gasteiger partial charge in [-0.1, -0.05) is 29.8 Å². The number of benzene rings is 2. The van der Waals surface area contributed by atoms with Gasteiger partial charge < -0.3 is 11.1 Å².